The van der Waals surface area contributed by atoms with Gasteiger partial charge in [0, 0.05) is 33.3 Å². The second-order valence-corrected chi connectivity index (χ2v) is 5.56. The molecular formula is C13H24N2O3. The molecule has 1 heterocycles. The van der Waals surface area contributed by atoms with Crippen LogP contribution in [0.1, 0.15) is 25.7 Å². The highest BCUT2D eigenvalue weighted by molar-refractivity contribution is 5.79. The number of methoxy groups -OCH3 is 1. The predicted octanol–water partition coefficient (Wildman–Crippen LogP) is 0.646. The van der Waals surface area contributed by atoms with Crippen molar-refractivity contribution < 1.29 is 14.6 Å². The molecule has 1 saturated heterocycles. The van der Waals surface area contributed by atoms with Crippen LogP contribution in [0.3, 0.4) is 0 Å². The SMILES string of the molecule is COC1CCC(C(=O)O)(N2CCN(C)CC2)CC1. The Morgan fingerprint density at radius 1 is 1.22 bits per heavy atom. The van der Waals surface area contributed by atoms with Gasteiger partial charge in [-0.1, -0.05) is 0 Å². The fourth-order valence-electron chi connectivity index (χ4n) is 3.20. The van der Waals surface area contributed by atoms with Crippen molar-refractivity contribution in [2.45, 2.75) is 37.3 Å². The van der Waals surface area contributed by atoms with Crippen molar-refractivity contribution in [1.82, 2.24) is 9.80 Å². The van der Waals surface area contributed by atoms with Crippen LogP contribution in [0.5, 0.6) is 0 Å². The first-order valence-electron chi connectivity index (χ1n) is 6.78. The zero-order valence-corrected chi connectivity index (χ0v) is 11.4. The van der Waals surface area contributed by atoms with Gasteiger partial charge >= 0.3 is 5.97 Å². The Bertz CT molecular complexity index is 293. The van der Waals surface area contributed by atoms with Crippen LogP contribution >= 0.6 is 0 Å². The molecule has 104 valence electrons. The van der Waals surface area contributed by atoms with Gasteiger partial charge in [-0.3, -0.25) is 9.69 Å². The van der Waals surface area contributed by atoms with Crippen molar-refractivity contribution in [3.8, 4) is 0 Å². The third-order valence-electron chi connectivity index (χ3n) is 4.60. The first-order chi connectivity index (χ1) is 8.58. The zero-order chi connectivity index (χ0) is 13.2. The number of carbonyl (C=O) groups is 1. The van der Waals surface area contributed by atoms with Crippen LogP contribution in [-0.2, 0) is 9.53 Å². The van der Waals surface area contributed by atoms with Gasteiger partial charge in [-0.2, -0.15) is 0 Å². The van der Waals surface area contributed by atoms with Crippen molar-refractivity contribution in [3.63, 3.8) is 0 Å². The van der Waals surface area contributed by atoms with Crippen molar-refractivity contribution in [2.24, 2.45) is 0 Å². The van der Waals surface area contributed by atoms with E-state index in [1.54, 1.807) is 7.11 Å². The maximum Gasteiger partial charge on any atom is 0.324 e. The summed E-state index contributed by atoms with van der Waals surface area (Å²) in [4.78, 5) is 16.2. The Morgan fingerprint density at radius 2 is 1.78 bits per heavy atom. The summed E-state index contributed by atoms with van der Waals surface area (Å²) in [6, 6.07) is 0. The molecule has 0 spiro atoms. The summed E-state index contributed by atoms with van der Waals surface area (Å²) in [6.45, 7) is 3.65. The third-order valence-corrected chi connectivity index (χ3v) is 4.60. The molecule has 1 aliphatic heterocycles. The average molecular weight is 256 g/mol. The van der Waals surface area contributed by atoms with Crippen LogP contribution in [0.2, 0.25) is 0 Å². The largest absolute Gasteiger partial charge is 0.480 e. The highest BCUT2D eigenvalue weighted by Crippen LogP contribution is 2.35. The fraction of sp³-hybridized carbons (Fsp3) is 0.923. The number of carboxylic acid groups (broad SMARTS) is 1. The summed E-state index contributed by atoms with van der Waals surface area (Å²) < 4.78 is 5.35. The quantitative estimate of drug-likeness (QED) is 0.803. The number of hydrogen-bond donors (Lipinski definition) is 1. The van der Waals surface area contributed by atoms with Gasteiger partial charge in [-0.25, -0.2) is 0 Å². The molecule has 0 radical (unpaired) electrons. The highest BCUT2D eigenvalue weighted by atomic mass is 16.5. The molecule has 2 fully saturated rings. The number of rotatable bonds is 3. The minimum absolute atomic E-state index is 0.241. The van der Waals surface area contributed by atoms with Gasteiger partial charge in [-0.05, 0) is 32.7 Å². The van der Waals surface area contributed by atoms with Gasteiger partial charge in [0.2, 0.25) is 0 Å². The number of piperazine rings is 1. The second kappa shape index (κ2) is 5.55. The lowest BCUT2D eigenvalue weighted by Crippen LogP contribution is -2.61. The van der Waals surface area contributed by atoms with E-state index in [1.807, 2.05) is 0 Å². The number of hydrogen-bond acceptors (Lipinski definition) is 4. The Labute approximate surface area is 109 Å². The van der Waals surface area contributed by atoms with Crippen molar-refractivity contribution in [3.05, 3.63) is 0 Å². The van der Waals surface area contributed by atoms with Crippen LogP contribution in [-0.4, -0.2) is 72.9 Å². The standard InChI is InChI=1S/C13H24N2O3/c1-14-7-9-15(10-8-14)13(12(16)17)5-3-11(18-2)4-6-13/h11H,3-10H2,1-2H3,(H,16,17). The summed E-state index contributed by atoms with van der Waals surface area (Å²) in [6.07, 6.45) is 3.38. The Morgan fingerprint density at radius 3 is 2.22 bits per heavy atom. The molecule has 2 rings (SSSR count). The van der Waals surface area contributed by atoms with Crippen LogP contribution in [0.4, 0.5) is 0 Å². The van der Waals surface area contributed by atoms with Gasteiger partial charge in [0.15, 0.2) is 0 Å². The molecule has 5 nitrogen and oxygen atoms in total. The third kappa shape index (κ3) is 2.53. The first kappa shape index (κ1) is 13.8. The summed E-state index contributed by atoms with van der Waals surface area (Å²) in [5.41, 5.74) is -0.643. The molecular weight excluding hydrogens is 232 g/mol. The molecule has 0 bridgehead atoms. The minimum Gasteiger partial charge on any atom is -0.480 e. The molecule has 2 aliphatic rings. The monoisotopic (exact) mass is 256 g/mol. The van der Waals surface area contributed by atoms with E-state index in [0.29, 0.717) is 12.8 Å². The number of carboxylic acids is 1. The van der Waals surface area contributed by atoms with E-state index in [4.69, 9.17) is 4.74 Å². The van der Waals surface area contributed by atoms with E-state index in [1.165, 1.54) is 0 Å². The van der Waals surface area contributed by atoms with E-state index in [9.17, 15) is 9.90 Å². The Hall–Kier alpha value is -0.650. The summed E-state index contributed by atoms with van der Waals surface area (Å²) >= 11 is 0. The molecule has 0 aromatic heterocycles. The van der Waals surface area contributed by atoms with Crippen LogP contribution in [0, 0.1) is 0 Å². The van der Waals surface area contributed by atoms with E-state index < -0.39 is 11.5 Å². The van der Waals surface area contributed by atoms with Crippen molar-refractivity contribution in [2.75, 3.05) is 40.3 Å². The normalized spacial score (nSPS) is 35.6. The van der Waals surface area contributed by atoms with Gasteiger partial charge in [0.05, 0.1) is 6.10 Å². The van der Waals surface area contributed by atoms with E-state index in [2.05, 4.69) is 16.8 Å². The molecule has 0 amide bonds. The van der Waals surface area contributed by atoms with Crippen molar-refractivity contribution >= 4 is 5.97 Å². The summed E-state index contributed by atoms with van der Waals surface area (Å²) in [7, 11) is 3.81. The number of likely N-dealkylation sites (N-methyl/N-ethyl adjacent to an activating group) is 1. The highest BCUT2D eigenvalue weighted by Gasteiger charge is 2.47. The molecule has 0 aromatic carbocycles. The van der Waals surface area contributed by atoms with Crippen LogP contribution in [0.25, 0.3) is 0 Å². The molecule has 0 aromatic rings. The zero-order valence-electron chi connectivity index (χ0n) is 11.4. The molecule has 5 heteroatoms. The van der Waals surface area contributed by atoms with E-state index in [0.717, 1.165) is 39.0 Å². The lowest BCUT2D eigenvalue weighted by molar-refractivity contribution is -0.158. The lowest BCUT2D eigenvalue weighted by atomic mass is 9.78. The molecule has 0 unspecified atom stereocenters. The van der Waals surface area contributed by atoms with Gasteiger partial charge in [-0.15, -0.1) is 0 Å². The molecule has 1 aliphatic carbocycles. The predicted molar refractivity (Wildman–Crippen MR) is 68.7 cm³/mol. The topological polar surface area (TPSA) is 53.0 Å². The van der Waals surface area contributed by atoms with E-state index in [-0.39, 0.29) is 6.10 Å². The summed E-state index contributed by atoms with van der Waals surface area (Å²) in [5.74, 6) is -0.651. The maximum atomic E-state index is 11.8. The number of ether oxygens (including phenoxy) is 1. The number of aliphatic carboxylic acids is 1. The fourth-order valence-corrected chi connectivity index (χ4v) is 3.20. The Kier molecular flexibility index (Phi) is 4.25. The summed E-state index contributed by atoms with van der Waals surface area (Å²) in [5, 5.41) is 9.67. The molecule has 18 heavy (non-hydrogen) atoms. The van der Waals surface area contributed by atoms with Crippen LogP contribution in [0.15, 0.2) is 0 Å². The Balaban J connectivity index is 2.06. The lowest BCUT2D eigenvalue weighted by Gasteiger charge is -2.47. The molecule has 1 saturated carbocycles. The van der Waals surface area contributed by atoms with E-state index >= 15 is 0 Å². The van der Waals surface area contributed by atoms with Crippen LogP contribution < -0.4 is 0 Å². The molecule has 0 atom stereocenters. The second-order valence-electron chi connectivity index (χ2n) is 5.56. The van der Waals surface area contributed by atoms with Gasteiger partial charge in [0.1, 0.15) is 5.54 Å². The first-order valence-corrected chi connectivity index (χ1v) is 6.78. The van der Waals surface area contributed by atoms with Gasteiger partial charge < -0.3 is 14.7 Å². The smallest absolute Gasteiger partial charge is 0.324 e. The number of nitrogens with zero attached hydrogens (tertiary/aromatic N) is 2. The minimum atomic E-state index is -0.651. The molecule has 1 N–H and O–H groups in total. The average Bonchev–Trinajstić information content (AvgIpc) is 2.39. The van der Waals surface area contributed by atoms with Crippen molar-refractivity contribution in [1.29, 1.82) is 0 Å². The van der Waals surface area contributed by atoms with Gasteiger partial charge in [0.25, 0.3) is 0 Å². The maximum absolute atomic E-state index is 11.8.